The largest absolute Gasteiger partial charge is 0.457 e. The second-order valence-electron chi connectivity index (χ2n) is 11.5. The summed E-state index contributed by atoms with van der Waals surface area (Å²) in [6.07, 6.45) is 5.34. The monoisotopic (exact) mass is 601 g/mol. The molecule has 0 spiro atoms. The van der Waals surface area contributed by atoms with E-state index in [-0.39, 0.29) is 34.9 Å². The first-order valence-corrected chi connectivity index (χ1v) is 14.4. The van der Waals surface area contributed by atoms with E-state index >= 15 is 0 Å². The molecule has 3 N–H and O–H groups in total. The summed E-state index contributed by atoms with van der Waals surface area (Å²) in [5.74, 6) is -1.96. The molecule has 0 radical (unpaired) electrons. The van der Waals surface area contributed by atoms with Crippen molar-refractivity contribution in [1.82, 2.24) is 15.5 Å². The minimum Gasteiger partial charge on any atom is -0.457 e. The Labute approximate surface area is 254 Å². The molecule has 0 unspecified atom stereocenters. The number of nitrogens with one attached hydrogen (secondary N) is 2. The molecule has 2 rings (SSSR count). The van der Waals surface area contributed by atoms with Gasteiger partial charge in [0.1, 0.15) is 6.10 Å². The molecule has 11 nitrogen and oxygen atoms in total. The Kier molecular flexibility index (Phi) is 14.2. The number of ketones is 2. The van der Waals surface area contributed by atoms with E-state index < -0.39 is 47.8 Å². The van der Waals surface area contributed by atoms with Crippen LogP contribution >= 0.6 is 0 Å². The number of amides is 1. The molecular weight excluding hydrogens is 554 g/mol. The number of hydrogen-bond acceptors (Lipinski definition) is 10. The van der Waals surface area contributed by atoms with Crippen molar-refractivity contribution in [2.45, 2.75) is 65.0 Å². The highest BCUT2D eigenvalue weighted by Crippen LogP contribution is 2.28. The lowest BCUT2D eigenvalue weighted by Gasteiger charge is -2.30. The number of hydrogen-bond donors (Lipinski definition) is 3. The Balaban J connectivity index is 2.59. The van der Waals surface area contributed by atoms with Crippen molar-refractivity contribution in [1.29, 1.82) is 0 Å². The predicted octanol–water partition coefficient (Wildman–Crippen LogP) is 1.99. The molecule has 1 heterocycles. The van der Waals surface area contributed by atoms with Gasteiger partial charge in [-0.25, -0.2) is 0 Å². The molecular formula is C32H47N3O8. The number of methoxy groups -OCH3 is 2. The normalized spacial score (nSPS) is 31.4. The molecule has 6 atom stereocenters. The predicted molar refractivity (Wildman–Crippen MR) is 163 cm³/mol. The van der Waals surface area contributed by atoms with Crippen LogP contribution in [-0.2, 0) is 33.4 Å². The Hall–Kier alpha value is -3.38. The van der Waals surface area contributed by atoms with E-state index in [4.69, 9.17) is 14.2 Å². The molecule has 43 heavy (non-hydrogen) atoms. The number of allylic oxidation sites excluding steroid dienone is 4. The molecule has 0 saturated carbocycles. The van der Waals surface area contributed by atoms with Gasteiger partial charge in [-0.1, -0.05) is 38.2 Å². The average molecular weight is 602 g/mol. The number of fused-ring (bicyclic) bond motifs is 2. The van der Waals surface area contributed by atoms with Crippen LogP contribution in [-0.4, -0.2) is 99.8 Å². The topological polar surface area (TPSA) is 144 Å². The number of ether oxygens (including phenoxy) is 3. The van der Waals surface area contributed by atoms with Gasteiger partial charge in [0.2, 0.25) is 11.6 Å². The Morgan fingerprint density at radius 1 is 1.14 bits per heavy atom. The molecule has 1 amide bonds. The summed E-state index contributed by atoms with van der Waals surface area (Å²) in [7, 11) is 6.80. The molecule has 0 fully saturated rings. The number of carbonyl (C=O) groups is 4. The molecule has 238 valence electrons. The molecule has 11 heteroatoms. The first-order chi connectivity index (χ1) is 20.3. The van der Waals surface area contributed by atoms with Gasteiger partial charge >= 0.3 is 0 Å². The van der Waals surface area contributed by atoms with Crippen LogP contribution in [0.15, 0.2) is 58.5 Å². The van der Waals surface area contributed by atoms with Gasteiger partial charge in [-0.3, -0.25) is 19.2 Å². The van der Waals surface area contributed by atoms with Gasteiger partial charge in [-0.05, 0) is 52.3 Å². The van der Waals surface area contributed by atoms with Crippen LogP contribution in [0.4, 0.5) is 0 Å². The van der Waals surface area contributed by atoms with Crippen LogP contribution in [0.2, 0.25) is 0 Å². The fraction of sp³-hybridized carbons (Fsp3) is 0.562. The molecule has 0 aromatic heterocycles. The summed E-state index contributed by atoms with van der Waals surface area (Å²) in [6.45, 7) is 8.54. The summed E-state index contributed by atoms with van der Waals surface area (Å²) in [4.78, 5) is 53.2. The van der Waals surface area contributed by atoms with Crippen LogP contribution in [0, 0.1) is 11.8 Å². The van der Waals surface area contributed by atoms with Gasteiger partial charge in [-0.2, -0.15) is 0 Å². The van der Waals surface area contributed by atoms with Gasteiger partial charge in [-0.15, -0.1) is 0 Å². The highest BCUT2D eigenvalue weighted by molar-refractivity contribution is 6.23. The van der Waals surface area contributed by atoms with Gasteiger partial charge in [0.05, 0.1) is 23.6 Å². The molecule has 2 aliphatic rings. The van der Waals surface area contributed by atoms with Crippen molar-refractivity contribution in [2.24, 2.45) is 11.8 Å². The summed E-state index contributed by atoms with van der Waals surface area (Å²) < 4.78 is 16.6. The average Bonchev–Trinajstić information content (AvgIpc) is 2.95. The van der Waals surface area contributed by atoms with E-state index in [0.717, 1.165) is 6.08 Å². The summed E-state index contributed by atoms with van der Waals surface area (Å²) in [5, 5.41) is 17.0. The van der Waals surface area contributed by atoms with Crippen LogP contribution in [0.1, 0.15) is 40.5 Å². The lowest BCUT2D eigenvalue weighted by Crippen LogP contribution is -2.38. The lowest BCUT2D eigenvalue weighted by molar-refractivity contribution is -0.136. The Bertz CT molecular complexity index is 1180. The number of rotatable bonds is 8. The smallest absolute Gasteiger partial charge is 0.293 e. The third-order valence-corrected chi connectivity index (χ3v) is 7.61. The quantitative estimate of drug-likeness (QED) is 0.215. The third-order valence-electron chi connectivity index (χ3n) is 7.61. The molecule has 0 aromatic rings. The van der Waals surface area contributed by atoms with Crippen LogP contribution in [0.3, 0.4) is 0 Å². The van der Waals surface area contributed by atoms with Crippen LogP contribution in [0.5, 0.6) is 0 Å². The summed E-state index contributed by atoms with van der Waals surface area (Å²) >= 11 is 0. The zero-order valence-electron chi connectivity index (χ0n) is 26.5. The first-order valence-electron chi connectivity index (χ1n) is 14.4. The van der Waals surface area contributed by atoms with Gasteiger partial charge < -0.3 is 34.9 Å². The Morgan fingerprint density at radius 2 is 1.84 bits per heavy atom. The molecule has 1 aliphatic carbocycles. The third kappa shape index (κ3) is 10.1. The number of nitrogens with zero attached hydrogens (tertiary/aromatic N) is 1. The highest BCUT2D eigenvalue weighted by Gasteiger charge is 2.33. The van der Waals surface area contributed by atoms with Gasteiger partial charge in [0.15, 0.2) is 6.10 Å². The second-order valence-corrected chi connectivity index (χ2v) is 11.5. The minimum absolute atomic E-state index is 0.101. The van der Waals surface area contributed by atoms with Crippen molar-refractivity contribution in [3.05, 3.63) is 58.5 Å². The van der Waals surface area contributed by atoms with Crippen molar-refractivity contribution in [3.8, 4) is 0 Å². The number of aliphatic hydroxyl groups is 1. The zero-order valence-corrected chi connectivity index (χ0v) is 26.5. The van der Waals surface area contributed by atoms with Crippen molar-refractivity contribution < 1.29 is 38.5 Å². The van der Waals surface area contributed by atoms with Crippen LogP contribution in [0.25, 0.3) is 0 Å². The summed E-state index contributed by atoms with van der Waals surface area (Å²) in [5.41, 5.74) is 1.33. The summed E-state index contributed by atoms with van der Waals surface area (Å²) in [6, 6.07) is 0. The van der Waals surface area contributed by atoms with Gasteiger partial charge in [0, 0.05) is 50.4 Å². The molecule has 0 saturated heterocycles. The van der Waals surface area contributed by atoms with E-state index in [9.17, 15) is 24.3 Å². The SMILES string of the molecule is CO[C@H]1/C=C\C=C(/C)C(=O)NC2=CC(=O)C(NCCN(C)C)=C(C[C@@H](C)C[C@H](OC)[C@H](O)[C@@H](C)/C=C(\C)[C@@H]1OC=O)C2=O. The van der Waals surface area contributed by atoms with Crippen molar-refractivity contribution >= 4 is 23.9 Å². The van der Waals surface area contributed by atoms with Crippen molar-refractivity contribution in [2.75, 3.05) is 41.4 Å². The zero-order chi connectivity index (χ0) is 32.3. The molecule has 2 bridgehead atoms. The Morgan fingerprint density at radius 3 is 2.44 bits per heavy atom. The minimum atomic E-state index is -0.923. The number of aliphatic hydroxyl groups excluding tert-OH is 1. The second kappa shape index (κ2) is 17.0. The van der Waals surface area contributed by atoms with E-state index in [1.165, 1.54) is 20.3 Å². The fourth-order valence-corrected chi connectivity index (χ4v) is 5.14. The number of likely N-dealkylation sites (N-methyl/N-ethyl adjacent to an activating group) is 1. The number of Topliss-reactive ketones (excluding diaryl/α,β-unsaturated/α-hetero) is 1. The maximum atomic E-state index is 13.7. The first kappa shape index (κ1) is 35.8. The maximum Gasteiger partial charge on any atom is 0.293 e. The lowest BCUT2D eigenvalue weighted by atomic mass is 9.85. The maximum absolute atomic E-state index is 13.7. The van der Waals surface area contributed by atoms with Gasteiger partial charge in [0.25, 0.3) is 12.4 Å². The molecule has 0 aromatic carbocycles. The van der Waals surface area contributed by atoms with Crippen LogP contribution < -0.4 is 10.6 Å². The molecule has 1 aliphatic heterocycles. The van der Waals surface area contributed by atoms with E-state index in [1.807, 2.05) is 38.9 Å². The van der Waals surface area contributed by atoms with E-state index in [1.54, 1.807) is 26.0 Å². The number of carbonyl (C=O) groups excluding carboxylic acids is 4. The fourth-order valence-electron chi connectivity index (χ4n) is 5.14. The standard InChI is InChI=1S/C32H47N3O8/c1-19-14-23-28(33-12-13-35(5)6)25(37)17-24(30(23)39)34-32(40)20(2)10-9-11-26(41-7)31(43-18-36)22(4)16-21(3)29(38)27(15-19)42-8/h9-11,16-19,21,26-27,29,31,33,38H,12-15H2,1-8H3,(H,34,40)/b11-9-,20-10+,22-16+/t19-,21+,26+,27+,29-,31+/m1/s1. The van der Waals surface area contributed by atoms with E-state index in [2.05, 4.69) is 10.6 Å². The van der Waals surface area contributed by atoms with Crippen molar-refractivity contribution in [3.63, 3.8) is 0 Å². The van der Waals surface area contributed by atoms with E-state index in [0.29, 0.717) is 31.6 Å². The highest BCUT2D eigenvalue weighted by atomic mass is 16.6.